The SMILES string of the molecule is CC(C)C1=C2CCCCCCCC2C(C(C)C)C1=O. The minimum absolute atomic E-state index is 0.283. The number of carbonyl (C=O) groups excluding carboxylic acids is 1. The highest BCUT2D eigenvalue weighted by Crippen LogP contribution is 2.46. The number of fused-ring (bicyclic) bond motifs is 1. The summed E-state index contributed by atoms with van der Waals surface area (Å²) in [6.07, 6.45) is 9.14. The molecule has 0 spiro atoms. The normalized spacial score (nSPS) is 29.5. The summed E-state index contributed by atoms with van der Waals surface area (Å²) in [5.74, 6) is 2.25. The van der Waals surface area contributed by atoms with Gasteiger partial charge in [0.25, 0.3) is 0 Å². The van der Waals surface area contributed by atoms with Crippen LogP contribution >= 0.6 is 0 Å². The lowest BCUT2D eigenvalue weighted by atomic mass is 9.79. The zero-order chi connectivity index (χ0) is 14.0. The molecule has 0 aromatic rings. The summed E-state index contributed by atoms with van der Waals surface area (Å²) in [6, 6.07) is 0. The van der Waals surface area contributed by atoms with Crippen LogP contribution in [0, 0.1) is 23.7 Å². The molecule has 1 fully saturated rings. The molecule has 0 aromatic carbocycles. The van der Waals surface area contributed by atoms with Gasteiger partial charge in [-0.05, 0) is 42.6 Å². The van der Waals surface area contributed by atoms with Gasteiger partial charge in [-0.25, -0.2) is 0 Å². The van der Waals surface area contributed by atoms with Gasteiger partial charge in [0, 0.05) is 5.92 Å². The fraction of sp³-hybridized carbons (Fsp3) is 0.833. The molecule has 0 heterocycles. The van der Waals surface area contributed by atoms with E-state index in [1.165, 1.54) is 50.5 Å². The maximum Gasteiger partial charge on any atom is 0.163 e. The average Bonchev–Trinajstić information content (AvgIpc) is 2.64. The Morgan fingerprint density at radius 3 is 2.21 bits per heavy atom. The van der Waals surface area contributed by atoms with E-state index in [4.69, 9.17) is 0 Å². The van der Waals surface area contributed by atoms with Crippen molar-refractivity contribution in [3.8, 4) is 0 Å². The fourth-order valence-electron chi connectivity index (χ4n) is 4.24. The lowest BCUT2D eigenvalue weighted by Crippen LogP contribution is -2.24. The average molecular weight is 262 g/mol. The first-order valence-corrected chi connectivity index (χ1v) is 8.31. The van der Waals surface area contributed by atoms with Crippen LogP contribution < -0.4 is 0 Å². The van der Waals surface area contributed by atoms with Crippen molar-refractivity contribution in [2.45, 2.75) is 72.6 Å². The van der Waals surface area contributed by atoms with E-state index < -0.39 is 0 Å². The van der Waals surface area contributed by atoms with Gasteiger partial charge in [-0.2, -0.15) is 0 Å². The lowest BCUT2D eigenvalue weighted by molar-refractivity contribution is -0.121. The molecule has 0 radical (unpaired) electrons. The standard InChI is InChI=1S/C18H30O/c1-12(2)16-14-10-8-6-5-7-9-11-15(14)17(13(3)4)18(16)19/h12-14,16H,5-11H2,1-4H3. The number of allylic oxidation sites excluding steroid dienone is 2. The summed E-state index contributed by atoms with van der Waals surface area (Å²) in [7, 11) is 0. The van der Waals surface area contributed by atoms with Crippen molar-refractivity contribution >= 4 is 5.78 Å². The number of hydrogen-bond donors (Lipinski definition) is 0. The molecule has 0 bridgehead atoms. The quantitative estimate of drug-likeness (QED) is 0.672. The molecule has 2 rings (SSSR count). The molecule has 0 aliphatic heterocycles. The second-order valence-electron chi connectivity index (χ2n) is 7.14. The summed E-state index contributed by atoms with van der Waals surface area (Å²) in [5.41, 5.74) is 2.77. The Bertz CT molecular complexity index is 362. The molecule has 2 aliphatic rings. The zero-order valence-corrected chi connectivity index (χ0v) is 13.2. The Morgan fingerprint density at radius 2 is 1.58 bits per heavy atom. The van der Waals surface area contributed by atoms with Gasteiger partial charge < -0.3 is 0 Å². The van der Waals surface area contributed by atoms with Gasteiger partial charge in [-0.3, -0.25) is 4.79 Å². The van der Waals surface area contributed by atoms with Crippen molar-refractivity contribution in [1.29, 1.82) is 0 Å². The topological polar surface area (TPSA) is 17.1 Å². The van der Waals surface area contributed by atoms with Crippen LogP contribution in [0.5, 0.6) is 0 Å². The largest absolute Gasteiger partial charge is 0.294 e. The maximum absolute atomic E-state index is 12.8. The number of carbonyl (C=O) groups is 1. The van der Waals surface area contributed by atoms with Crippen LogP contribution in [-0.2, 0) is 4.79 Å². The summed E-state index contributed by atoms with van der Waals surface area (Å²) < 4.78 is 0. The third kappa shape index (κ3) is 2.95. The predicted octanol–water partition coefficient (Wildman–Crippen LogP) is 5.15. The smallest absolute Gasteiger partial charge is 0.163 e. The summed E-state index contributed by atoms with van der Waals surface area (Å²) in [4.78, 5) is 12.8. The van der Waals surface area contributed by atoms with Gasteiger partial charge in [0.15, 0.2) is 5.78 Å². The van der Waals surface area contributed by atoms with Gasteiger partial charge in [0.05, 0.1) is 0 Å². The highest BCUT2D eigenvalue weighted by molar-refractivity contribution is 6.01. The van der Waals surface area contributed by atoms with Gasteiger partial charge in [0.1, 0.15) is 0 Å². The van der Waals surface area contributed by atoms with Crippen molar-refractivity contribution in [1.82, 2.24) is 0 Å². The van der Waals surface area contributed by atoms with Crippen molar-refractivity contribution in [3.63, 3.8) is 0 Å². The van der Waals surface area contributed by atoms with Crippen molar-refractivity contribution in [2.75, 3.05) is 0 Å². The van der Waals surface area contributed by atoms with E-state index in [2.05, 4.69) is 27.7 Å². The first-order chi connectivity index (χ1) is 9.04. The molecule has 2 aliphatic carbocycles. The molecule has 19 heavy (non-hydrogen) atoms. The number of Topliss-reactive ketones (excluding diaryl/α,β-unsaturated/α-hetero) is 1. The first kappa shape index (κ1) is 14.8. The van der Waals surface area contributed by atoms with Crippen LogP contribution in [-0.4, -0.2) is 5.78 Å². The first-order valence-electron chi connectivity index (χ1n) is 8.31. The van der Waals surface area contributed by atoms with Gasteiger partial charge in [-0.15, -0.1) is 0 Å². The molecule has 108 valence electrons. The van der Waals surface area contributed by atoms with Crippen LogP contribution in [0.15, 0.2) is 11.1 Å². The third-order valence-electron chi connectivity index (χ3n) is 5.05. The van der Waals surface area contributed by atoms with E-state index in [-0.39, 0.29) is 5.92 Å². The highest BCUT2D eigenvalue weighted by Gasteiger charge is 2.42. The van der Waals surface area contributed by atoms with Gasteiger partial charge >= 0.3 is 0 Å². The second-order valence-corrected chi connectivity index (χ2v) is 7.14. The minimum Gasteiger partial charge on any atom is -0.294 e. The molecule has 1 heteroatoms. The monoisotopic (exact) mass is 262 g/mol. The van der Waals surface area contributed by atoms with Crippen molar-refractivity contribution in [2.24, 2.45) is 23.7 Å². The third-order valence-corrected chi connectivity index (χ3v) is 5.05. The van der Waals surface area contributed by atoms with E-state index in [9.17, 15) is 4.79 Å². The fourth-order valence-corrected chi connectivity index (χ4v) is 4.24. The van der Waals surface area contributed by atoms with Crippen molar-refractivity contribution < 1.29 is 4.79 Å². The lowest BCUT2D eigenvalue weighted by Gasteiger charge is -2.24. The Labute approximate surface area is 118 Å². The van der Waals surface area contributed by atoms with E-state index in [1.54, 1.807) is 5.57 Å². The minimum atomic E-state index is 0.283. The molecule has 0 amide bonds. The summed E-state index contributed by atoms with van der Waals surface area (Å²) in [6.45, 7) is 8.87. The molecule has 0 aromatic heterocycles. The zero-order valence-electron chi connectivity index (χ0n) is 13.2. The highest BCUT2D eigenvalue weighted by atomic mass is 16.1. The van der Waals surface area contributed by atoms with E-state index >= 15 is 0 Å². The van der Waals surface area contributed by atoms with E-state index in [0.29, 0.717) is 23.5 Å². The van der Waals surface area contributed by atoms with E-state index in [1.807, 2.05) is 0 Å². The van der Waals surface area contributed by atoms with Crippen LogP contribution in [0.3, 0.4) is 0 Å². The summed E-state index contributed by atoms with van der Waals surface area (Å²) >= 11 is 0. The van der Waals surface area contributed by atoms with E-state index in [0.717, 1.165) is 0 Å². The second kappa shape index (κ2) is 6.24. The molecule has 2 atom stereocenters. The Morgan fingerprint density at radius 1 is 0.947 bits per heavy atom. The number of hydrogen-bond acceptors (Lipinski definition) is 1. The molecular formula is C18H30O. The van der Waals surface area contributed by atoms with Crippen molar-refractivity contribution in [3.05, 3.63) is 11.1 Å². The number of ketones is 1. The molecule has 0 N–H and O–H groups in total. The van der Waals surface area contributed by atoms with Crippen LogP contribution in [0.1, 0.15) is 72.6 Å². The van der Waals surface area contributed by atoms with Crippen LogP contribution in [0.2, 0.25) is 0 Å². The Hall–Kier alpha value is -0.590. The van der Waals surface area contributed by atoms with Gasteiger partial charge in [-0.1, -0.05) is 59.0 Å². The number of rotatable bonds is 2. The Balaban J connectivity index is 2.35. The molecule has 1 saturated carbocycles. The van der Waals surface area contributed by atoms with Gasteiger partial charge in [0.2, 0.25) is 0 Å². The Kier molecular flexibility index (Phi) is 4.86. The van der Waals surface area contributed by atoms with Crippen LogP contribution in [0.25, 0.3) is 0 Å². The molecule has 2 unspecified atom stereocenters. The molecule has 1 nitrogen and oxygen atoms in total. The maximum atomic E-state index is 12.8. The summed E-state index contributed by atoms with van der Waals surface area (Å²) in [5, 5.41) is 0. The predicted molar refractivity (Wildman–Crippen MR) is 81.0 cm³/mol. The molecular weight excluding hydrogens is 232 g/mol. The van der Waals surface area contributed by atoms with Crippen LogP contribution in [0.4, 0.5) is 0 Å². The molecule has 0 saturated heterocycles.